The summed E-state index contributed by atoms with van der Waals surface area (Å²) in [6.45, 7) is 2.57. The van der Waals surface area contributed by atoms with Crippen LogP contribution < -0.4 is 0 Å². The van der Waals surface area contributed by atoms with Crippen LogP contribution in [0.25, 0.3) is 0 Å². The third-order valence-electron chi connectivity index (χ3n) is 4.32. The van der Waals surface area contributed by atoms with E-state index in [1.165, 1.54) is 5.56 Å². The maximum absolute atomic E-state index is 9.67. The van der Waals surface area contributed by atoms with Gasteiger partial charge in [0.2, 0.25) is 11.8 Å². The lowest BCUT2D eigenvalue weighted by Gasteiger charge is -2.22. The molecule has 1 aromatic heterocycles. The second-order valence-corrected chi connectivity index (χ2v) is 6.31. The molecule has 1 aliphatic rings. The van der Waals surface area contributed by atoms with Gasteiger partial charge in [0.1, 0.15) is 5.76 Å². The molecule has 2 atom stereocenters. The van der Waals surface area contributed by atoms with Gasteiger partial charge in [0.05, 0.1) is 12.5 Å². The normalized spacial score (nSPS) is 19.3. The van der Waals surface area contributed by atoms with Crippen LogP contribution in [-0.4, -0.2) is 34.0 Å². The predicted octanol–water partition coefficient (Wildman–Crippen LogP) is 2.66. The van der Waals surface area contributed by atoms with E-state index >= 15 is 0 Å². The number of hydrogen-bond acceptors (Lipinski definition) is 6. The molecule has 1 aromatic carbocycles. The van der Waals surface area contributed by atoms with Crippen LogP contribution in [0.4, 0.5) is 0 Å². The summed E-state index contributed by atoms with van der Waals surface area (Å²) in [5.41, 5.74) is 1.20. The molecule has 2 aromatic rings. The Kier molecular flexibility index (Phi) is 6.25. The van der Waals surface area contributed by atoms with Crippen molar-refractivity contribution in [2.24, 2.45) is 0 Å². The standard InChI is InChI=1S/C19H23BN2O4/c1-2-6-18-21-22-19(26-18)16-13-15(9-10-17(16)20(23)24)25-12-11-14-7-4-3-5-8-14/h3-5,7-10,13,16-17,23-24H,2,6,11-12H2,1H3. The maximum Gasteiger partial charge on any atom is 0.459 e. The minimum absolute atomic E-state index is 0.375. The molecule has 0 saturated carbocycles. The molecule has 0 fully saturated rings. The van der Waals surface area contributed by atoms with E-state index in [2.05, 4.69) is 22.3 Å². The number of aromatic nitrogens is 2. The second-order valence-electron chi connectivity index (χ2n) is 6.31. The maximum atomic E-state index is 9.67. The molecule has 26 heavy (non-hydrogen) atoms. The van der Waals surface area contributed by atoms with Crippen LogP contribution >= 0.6 is 0 Å². The molecule has 7 heteroatoms. The highest BCUT2D eigenvalue weighted by Crippen LogP contribution is 2.37. The fourth-order valence-corrected chi connectivity index (χ4v) is 2.93. The number of rotatable bonds is 8. The highest BCUT2D eigenvalue weighted by Gasteiger charge is 2.35. The Balaban J connectivity index is 1.68. The van der Waals surface area contributed by atoms with Crippen molar-refractivity contribution in [1.29, 1.82) is 0 Å². The first-order valence-corrected chi connectivity index (χ1v) is 8.92. The molecule has 0 radical (unpaired) electrons. The Bertz CT molecular complexity index is 758. The van der Waals surface area contributed by atoms with E-state index in [0.29, 0.717) is 30.6 Å². The highest BCUT2D eigenvalue weighted by molar-refractivity contribution is 6.44. The average Bonchev–Trinajstić information content (AvgIpc) is 3.11. The predicted molar refractivity (Wildman–Crippen MR) is 98.3 cm³/mol. The number of hydrogen-bond donors (Lipinski definition) is 2. The molecular weight excluding hydrogens is 331 g/mol. The Morgan fingerprint density at radius 3 is 2.69 bits per heavy atom. The monoisotopic (exact) mass is 354 g/mol. The van der Waals surface area contributed by atoms with Crippen molar-refractivity contribution in [2.45, 2.75) is 37.9 Å². The minimum Gasteiger partial charge on any atom is -0.494 e. The summed E-state index contributed by atoms with van der Waals surface area (Å²) in [6.07, 6.45) is 7.70. The average molecular weight is 354 g/mol. The number of nitrogens with zero attached hydrogens (tertiary/aromatic N) is 2. The molecule has 136 valence electrons. The minimum atomic E-state index is -1.51. The van der Waals surface area contributed by atoms with E-state index in [9.17, 15) is 10.0 Å². The molecule has 2 N–H and O–H groups in total. The number of ether oxygens (including phenoxy) is 1. The van der Waals surface area contributed by atoms with Gasteiger partial charge >= 0.3 is 7.12 Å². The zero-order valence-corrected chi connectivity index (χ0v) is 14.8. The Labute approximate surface area is 153 Å². The quantitative estimate of drug-likeness (QED) is 0.709. The van der Waals surface area contributed by atoms with Gasteiger partial charge in [-0.25, -0.2) is 0 Å². The van der Waals surface area contributed by atoms with Crippen molar-refractivity contribution in [3.63, 3.8) is 0 Å². The fraction of sp³-hybridized carbons (Fsp3) is 0.368. The first kappa shape index (κ1) is 18.4. The summed E-state index contributed by atoms with van der Waals surface area (Å²) in [4.78, 5) is 0. The smallest absolute Gasteiger partial charge is 0.459 e. The molecule has 0 aliphatic heterocycles. The Morgan fingerprint density at radius 1 is 1.15 bits per heavy atom. The summed E-state index contributed by atoms with van der Waals surface area (Å²) >= 11 is 0. The SMILES string of the molecule is CCCc1nnc(C2C=C(OCCc3ccccc3)C=CC2B(O)O)o1. The van der Waals surface area contributed by atoms with Crippen molar-refractivity contribution >= 4 is 7.12 Å². The van der Waals surface area contributed by atoms with Crippen LogP contribution in [0.3, 0.4) is 0 Å². The van der Waals surface area contributed by atoms with Crippen LogP contribution in [0.5, 0.6) is 0 Å². The second kappa shape index (κ2) is 8.83. The van der Waals surface area contributed by atoms with Gasteiger partial charge in [0, 0.05) is 18.7 Å². The zero-order chi connectivity index (χ0) is 18.4. The molecule has 6 nitrogen and oxygen atoms in total. The van der Waals surface area contributed by atoms with E-state index in [1.807, 2.05) is 31.2 Å². The van der Waals surface area contributed by atoms with Crippen LogP contribution in [0, 0.1) is 0 Å². The van der Waals surface area contributed by atoms with E-state index in [-0.39, 0.29) is 0 Å². The van der Waals surface area contributed by atoms with Crippen molar-refractivity contribution in [2.75, 3.05) is 6.61 Å². The van der Waals surface area contributed by atoms with Gasteiger partial charge in [-0.05, 0) is 24.1 Å². The van der Waals surface area contributed by atoms with Crippen LogP contribution in [-0.2, 0) is 17.6 Å². The Hall–Kier alpha value is -2.38. The highest BCUT2D eigenvalue weighted by atomic mass is 16.5. The molecule has 1 aliphatic carbocycles. The van der Waals surface area contributed by atoms with Gasteiger partial charge in [0.15, 0.2) is 0 Å². The number of allylic oxidation sites excluding steroid dienone is 3. The van der Waals surface area contributed by atoms with Gasteiger partial charge in [-0.1, -0.05) is 43.3 Å². The van der Waals surface area contributed by atoms with E-state index in [1.54, 1.807) is 12.2 Å². The molecule has 3 rings (SSSR count). The third kappa shape index (κ3) is 4.62. The van der Waals surface area contributed by atoms with E-state index in [4.69, 9.17) is 9.15 Å². The molecular formula is C19H23BN2O4. The topological polar surface area (TPSA) is 88.6 Å². The lowest BCUT2D eigenvalue weighted by Crippen LogP contribution is -2.25. The fourth-order valence-electron chi connectivity index (χ4n) is 2.93. The number of aryl methyl sites for hydroxylation is 1. The lowest BCUT2D eigenvalue weighted by molar-refractivity contribution is 0.223. The van der Waals surface area contributed by atoms with Gasteiger partial charge in [0.25, 0.3) is 0 Å². The van der Waals surface area contributed by atoms with Crippen molar-refractivity contribution in [3.8, 4) is 0 Å². The summed E-state index contributed by atoms with van der Waals surface area (Å²) < 4.78 is 11.5. The van der Waals surface area contributed by atoms with Crippen LogP contribution in [0.15, 0.2) is 58.7 Å². The first-order valence-electron chi connectivity index (χ1n) is 8.92. The summed E-state index contributed by atoms with van der Waals surface area (Å²) in [6, 6.07) is 10.1. The van der Waals surface area contributed by atoms with Crippen molar-refractivity contribution in [3.05, 3.63) is 71.7 Å². The van der Waals surface area contributed by atoms with Crippen molar-refractivity contribution < 1.29 is 19.2 Å². The molecule has 1 heterocycles. The molecule has 0 spiro atoms. The van der Waals surface area contributed by atoms with Crippen LogP contribution in [0.1, 0.15) is 36.6 Å². The first-order chi connectivity index (χ1) is 12.7. The zero-order valence-electron chi connectivity index (χ0n) is 14.8. The molecule has 2 unspecified atom stereocenters. The van der Waals surface area contributed by atoms with E-state index < -0.39 is 18.9 Å². The number of benzene rings is 1. The van der Waals surface area contributed by atoms with Gasteiger partial charge in [-0.3, -0.25) is 0 Å². The third-order valence-corrected chi connectivity index (χ3v) is 4.32. The molecule has 0 bridgehead atoms. The lowest BCUT2D eigenvalue weighted by atomic mass is 9.64. The Morgan fingerprint density at radius 2 is 1.96 bits per heavy atom. The van der Waals surface area contributed by atoms with Crippen molar-refractivity contribution in [1.82, 2.24) is 10.2 Å². The summed E-state index contributed by atoms with van der Waals surface area (Å²) in [7, 11) is -1.51. The molecule has 0 saturated heterocycles. The van der Waals surface area contributed by atoms with Crippen LogP contribution in [0.2, 0.25) is 5.82 Å². The van der Waals surface area contributed by atoms with E-state index in [0.717, 1.165) is 12.8 Å². The van der Waals surface area contributed by atoms with Gasteiger partial charge < -0.3 is 19.2 Å². The van der Waals surface area contributed by atoms with Gasteiger partial charge in [-0.2, -0.15) is 0 Å². The summed E-state index contributed by atoms with van der Waals surface area (Å²) in [5.74, 6) is 0.623. The van der Waals surface area contributed by atoms with Gasteiger partial charge in [-0.15, -0.1) is 10.2 Å². The summed E-state index contributed by atoms with van der Waals surface area (Å²) in [5, 5.41) is 27.5. The largest absolute Gasteiger partial charge is 0.494 e. The molecule has 0 amide bonds.